The zero-order valence-corrected chi connectivity index (χ0v) is 13.3. The van der Waals surface area contributed by atoms with Crippen LogP contribution in [0.15, 0.2) is 0 Å². The Balaban J connectivity index is 2.21. The van der Waals surface area contributed by atoms with Gasteiger partial charge in [0.05, 0.1) is 11.5 Å². The van der Waals surface area contributed by atoms with Crippen molar-refractivity contribution in [2.75, 3.05) is 43.7 Å². The van der Waals surface area contributed by atoms with Gasteiger partial charge in [0.25, 0.3) is 0 Å². The van der Waals surface area contributed by atoms with E-state index >= 15 is 0 Å². The Morgan fingerprint density at radius 2 is 2.22 bits per heavy atom. The molecule has 4 nitrogen and oxygen atoms in total. The molecule has 1 aliphatic rings. The largest absolute Gasteiger partial charge is 0.312 e. The third kappa shape index (κ3) is 5.47. The SMILES string of the molecule is CCC(CSC)N(C)CCNC1CCS(=O)(=O)C1. The van der Waals surface area contributed by atoms with Crippen molar-refractivity contribution in [2.24, 2.45) is 0 Å². The molecule has 0 saturated carbocycles. The van der Waals surface area contributed by atoms with Crippen molar-refractivity contribution in [3.05, 3.63) is 0 Å². The van der Waals surface area contributed by atoms with Crippen molar-refractivity contribution in [2.45, 2.75) is 31.8 Å². The van der Waals surface area contributed by atoms with Gasteiger partial charge in [0.15, 0.2) is 9.84 Å². The van der Waals surface area contributed by atoms with Gasteiger partial charge in [-0.3, -0.25) is 0 Å². The van der Waals surface area contributed by atoms with E-state index in [4.69, 9.17) is 0 Å². The highest BCUT2D eigenvalue weighted by molar-refractivity contribution is 7.98. The number of likely N-dealkylation sites (N-methyl/N-ethyl adjacent to an activating group) is 1. The molecule has 108 valence electrons. The summed E-state index contributed by atoms with van der Waals surface area (Å²) in [5, 5.41) is 3.36. The third-order valence-electron chi connectivity index (χ3n) is 3.58. The first-order valence-electron chi connectivity index (χ1n) is 6.61. The first kappa shape index (κ1) is 16.3. The molecule has 0 aromatic rings. The molecule has 0 radical (unpaired) electrons. The average molecular weight is 294 g/mol. The Bertz CT molecular complexity index is 333. The summed E-state index contributed by atoms with van der Waals surface area (Å²) in [6.07, 6.45) is 4.07. The number of sulfone groups is 1. The highest BCUT2D eigenvalue weighted by atomic mass is 32.2. The minimum Gasteiger partial charge on any atom is -0.312 e. The zero-order chi connectivity index (χ0) is 13.6. The van der Waals surface area contributed by atoms with Crippen LogP contribution in [0.25, 0.3) is 0 Å². The molecule has 2 unspecified atom stereocenters. The lowest BCUT2D eigenvalue weighted by Gasteiger charge is -2.27. The fourth-order valence-electron chi connectivity index (χ4n) is 2.33. The summed E-state index contributed by atoms with van der Waals surface area (Å²) in [7, 11) is -0.605. The standard InChI is InChI=1S/C12H26N2O2S2/c1-4-12(9-17-3)14(2)7-6-13-11-5-8-18(15,16)10-11/h11-13H,4-10H2,1-3H3. The number of thioether (sulfide) groups is 1. The minimum absolute atomic E-state index is 0.170. The van der Waals surface area contributed by atoms with E-state index in [0.29, 0.717) is 17.5 Å². The van der Waals surface area contributed by atoms with E-state index in [1.165, 1.54) is 0 Å². The van der Waals surface area contributed by atoms with Crippen LogP contribution in [-0.2, 0) is 9.84 Å². The summed E-state index contributed by atoms with van der Waals surface area (Å²) in [4.78, 5) is 2.37. The molecule has 1 aliphatic heterocycles. The molecular weight excluding hydrogens is 268 g/mol. The molecule has 0 aromatic carbocycles. The molecule has 1 N–H and O–H groups in total. The van der Waals surface area contributed by atoms with Crippen LogP contribution in [0.1, 0.15) is 19.8 Å². The van der Waals surface area contributed by atoms with E-state index in [1.54, 1.807) is 0 Å². The van der Waals surface area contributed by atoms with Gasteiger partial charge < -0.3 is 10.2 Å². The molecular formula is C12H26N2O2S2. The van der Waals surface area contributed by atoms with Crippen LogP contribution in [0.2, 0.25) is 0 Å². The Morgan fingerprint density at radius 1 is 1.50 bits per heavy atom. The molecule has 1 rings (SSSR count). The Morgan fingerprint density at radius 3 is 2.72 bits per heavy atom. The van der Waals surface area contributed by atoms with E-state index in [0.717, 1.165) is 31.7 Å². The summed E-state index contributed by atoms with van der Waals surface area (Å²) in [5.74, 6) is 1.83. The Labute approximate surface area is 116 Å². The van der Waals surface area contributed by atoms with Crippen molar-refractivity contribution in [3.63, 3.8) is 0 Å². The third-order valence-corrected chi connectivity index (χ3v) is 6.07. The van der Waals surface area contributed by atoms with Crippen molar-refractivity contribution >= 4 is 21.6 Å². The fraction of sp³-hybridized carbons (Fsp3) is 1.00. The molecule has 1 fully saturated rings. The molecule has 1 saturated heterocycles. The number of hydrogen-bond acceptors (Lipinski definition) is 5. The van der Waals surface area contributed by atoms with Crippen LogP contribution in [0.4, 0.5) is 0 Å². The zero-order valence-electron chi connectivity index (χ0n) is 11.7. The fourth-order valence-corrected chi connectivity index (χ4v) is 4.92. The van der Waals surface area contributed by atoms with Crippen molar-refractivity contribution in [1.29, 1.82) is 0 Å². The van der Waals surface area contributed by atoms with E-state index in [1.807, 2.05) is 11.8 Å². The van der Waals surface area contributed by atoms with Gasteiger partial charge in [0.2, 0.25) is 0 Å². The minimum atomic E-state index is -2.76. The molecule has 0 aliphatic carbocycles. The van der Waals surface area contributed by atoms with Crippen LogP contribution in [0.5, 0.6) is 0 Å². The highest BCUT2D eigenvalue weighted by Crippen LogP contribution is 2.11. The van der Waals surface area contributed by atoms with Gasteiger partial charge in [0, 0.05) is 30.9 Å². The molecule has 0 amide bonds. The Hall–Kier alpha value is 0.220. The molecule has 18 heavy (non-hydrogen) atoms. The smallest absolute Gasteiger partial charge is 0.151 e. The van der Waals surface area contributed by atoms with E-state index in [9.17, 15) is 8.42 Å². The van der Waals surface area contributed by atoms with Crippen molar-refractivity contribution in [3.8, 4) is 0 Å². The lowest BCUT2D eigenvalue weighted by molar-refractivity contribution is 0.253. The van der Waals surface area contributed by atoms with E-state index < -0.39 is 9.84 Å². The molecule has 2 atom stereocenters. The molecule has 0 bridgehead atoms. The van der Waals surface area contributed by atoms with Crippen LogP contribution >= 0.6 is 11.8 Å². The summed E-state index contributed by atoms with van der Waals surface area (Å²) >= 11 is 1.88. The number of rotatable bonds is 8. The lowest BCUT2D eigenvalue weighted by Crippen LogP contribution is -2.41. The predicted octanol–water partition coefficient (Wildman–Crippen LogP) is 0.837. The first-order chi connectivity index (χ1) is 8.48. The predicted molar refractivity (Wildman–Crippen MR) is 80.2 cm³/mol. The van der Waals surface area contributed by atoms with Gasteiger partial charge in [-0.15, -0.1) is 0 Å². The summed E-state index contributed by atoms with van der Waals surface area (Å²) in [6, 6.07) is 0.790. The second-order valence-electron chi connectivity index (χ2n) is 5.05. The maximum absolute atomic E-state index is 11.3. The Kier molecular flexibility index (Phi) is 6.98. The maximum atomic E-state index is 11.3. The lowest BCUT2D eigenvalue weighted by atomic mass is 10.2. The van der Waals surface area contributed by atoms with E-state index in [-0.39, 0.29) is 6.04 Å². The normalized spacial score (nSPS) is 24.6. The van der Waals surface area contributed by atoms with Gasteiger partial charge in [-0.1, -0.05) is 6.92 Å². The molecule has 0 spiro atoms. The topological polar surface area (TPSA) is 49.4 Å². The first-order valence-corrected chi connectivity index (χ1v) is 9.83. The molecule has 0 aromatic heterocycles. The van der Waals surface area contributed by atoms with Gasteiger partial charge >= 0.3 is 0 Å². The van der Waals surface area contributed by atoms with Crippen LogP contribution in [0.3, 0.4) is 0 Å². The summed E-state index contributed by atoms with van der Waals surface area (Å²) in [6.45, 7) is 4.07. The average Bonchev–Trinajstić information content (AvgIpc) is 2.65. The number of hydrogen-bond donors (Lipinski definition) is 1. The molecule has 1 heterocycles. The van der Waals surface area contributed by atoms with Gasteiger partial charge in [-0.2, -0.15) is 11.8 Å². The van der Waals surface area contributed by atoms with E-state index in [2.05, 4.69) is 30.4 Å². The number of nitrogens with one attached hydrogen (secondary N) is 1. The van der Waals surface area contributed by atoms with Crippen molar-refractivity contribution in [1.82, 2.24) is 10.2 Å². The van der Waals surface area contributed by atoms with Crippen molar-refractivity contribution < 1.29 is 8.42 Å². The van der Waals surface area contributed by atoms with Gasteiger partial charge in [-0.05, 0) is 26.1 Å². The second kappa shape index (κ2) is 7.72. The van der Waals surface area contributed by atoms with Crippen LogP contribution < -0.4 is 5.32 Å². The second-order valence-corrected chi connectivity index (χ2v) is 8.19. The number of nitrogens with zero attached hydrogens (tertiary/aromatic N) is 1. The monoisotopic (exact) mass is 294 g/mol. The van der Waals surface area contributed by atoms with Gasteiger partial charge in [-0.25, -0.2) is 8.42 Å². The quantitative estimate of drug-likeness (QED) is 0.719. The van der Waals surface area contributed by atoms with Crippen LogP contribution in [-0.4, -0.2) is 69.1 Å². The van der Waals surface area contributed by atoms with Gasteiger partial charge in [0.1, 0.15) is 0 Å². The summed E-state index contributed by atoms with van der Waals surface area (Å²) in [5.41, 5.74) is 0. The summed E-state index contributed by atoms with van der Waals surface area (Å²) < 4.78 is 22.6. The highest BCUT2D eigenvalue weighted by Gasteiger charge is 2.27. The van der Waals surface area contributed by atoms with Crippen LogP contribution in [0, 0.1) is 0 Å². The maximum Gasteiger partial charge on any atom is 0.151 e. The molecule has 6 heteroatoms.